The predicted octanol–water partition coefficient (Wildman–Crippen LogP) is 3.42. The molecular weight excluding hydrogens is 224 g/mol. The van der Waals surface area contributed by atoms with Crippen LogP contribution in [0.4, 0.5) is 5.82 Å². The lowest BCUT2D eigenvalue weighted by Crippen LogP contribution is -1.92. The van der Waals surface area contributed by atoms with E-state index in [1.54, 1.807) is 24.4 Å². The van der Waals surface area contributed by atoms with Gasteiger partial charge in [0.25, 0.3) is 0 Å². The van der Waals surface area contributed by atoms with Crippen LogP contribution in [0.1, 0.15) is 5.56 Å². The minimum Gasteiger partial charge on any atom is -0.457 e. The van der Waals surface area contributed by atoms with Crippen LogP contribution in [0.3, 0.4) is 0 Å². The maximum atomic E-state index is 5.90. The minimum absolute atomic E-state index is 0.428. The van der Waals surface area contributed by atoms with Crippen molar-refractivity contribution >= 4 is 17.4 Å². The lowest BCUT2D eigenvalue weighted by molar-refractivity contribution is 0.478. The Morgan fingerprint density at radius 1 is 1.25 bits per heavy atom. The van der Waals surface area contributed by atoms with Gasteiger partial charge >= 0.3 is 0 Å². The molecule has 0 spiro atoms. The Bertz CT molecular complexity index is 514. The summed E-state index contributed by atoms with van der Waals surface area (Å²) in [6.45, 7) is 1.95. The van der Waals surface area contributed by atoms with Crippen molar-refractivity contribution in [2.45, 2.75) is 6.92 Å². The molecule has 0 aliphatic heterocycles. The van der Waals surface area contributed by atoms with Gasteiger partial charge in [0.2, 0.25) is 0 Å². The molecule has 0 unspecified atom stereocenters. The molecule has 2 rings (SSSR count). The van der Waals surface area contributed by atoms with E-state index in [1.165, 1.54) is 0 Å². The van der Waals surface area contributed by atoms with Crippen molar-refractivity contribution < 1.29 is 4.74 Å². The third-order valence-electron chi connectivity index (χ3n) is 2.13. The van der Waals surface area contributed by atoms with E-state index in [4.69, 9.17) is 22.1 Å². The highest BCUT2D eigenvalue weighted by molar-refractivity contribution is 6.30. The fraction of sp³-hybridized carbons (Fsp3) is 0.0833. The van der Waals surface area contributed by atoms with Crippen molar-refractivity contribution in [2.75, 3.05) is 5.73 Å². The number of nitrogens with two attached hydrogens (primary N) is 1. The standard InChI is InChI=1S/C12H11ClN2O/c1-8-2-3-9(13)6-11(8)16-10-4-5-15-12(14)7-10/h2-7H,1H3,(H2,14,15). The van der Waals surface area contributed by atoms with Gasteiger partial charge in [0.15, 0.2) is 0 Å². The van der Waals surface area contributed by atoms with E-state index in [0.29, 0.717) is 16.6 Å². The average molecular weight is 235 g/mol. The second-order valence-corrected chi connectivity index (χ2v) is 3.86. The van der Waals surface area contributed by atoms with Crippen LogP contribution in [-0.4, -0.2) is 4.98 Å². The highest BCUT2D eigenvalue weighted by Gasteiger charge is 2.02. The van der Waals surface area contributed by atoms with Gasteiger partial charge in [-0.15, -0.1) is 0 Å². The maximum absolute atomic E-state index is 5.90. The first kappa shape index (κ1) is 10.8. The molecule has 0 radical (unpaired) electrons. The Morgan fingerprint density at radius 3 is 2.81 bits per heavy atom. The number of pyridine rings is 1. The fourth-order valence-corrected chi connectivity index (χ4v) is 1.46. The topological polar surface area (TPSA) is 48.1 Å². The third-order valence-corrected chi connectivity index (χ3v) is 2.37. The van der Waals surface area contributed by atoms with Crippen LogP contribution in [0.5, 0.6) is 11.5 Å². The first-order valence-electron chi connectivity index (χ1n) is 4.81. The fourth-order valence-electron chi connectivity index (χ4n) is 1.30. The summed E-state index contributed by atoms with van der Waals surface area (Å²) in [4.78, 5) is 3.89. The Labute approximate surface area is 98.8 Å². The Balaban J connectivity index is 2.30. The molecule has 0 aliphatic carbocycles. The van der Waals surface area contributed by atoms with E-state index in [0.717, 1.165) is 11.3 Å². The molecule has 1 aromatic carbocycles. The van der Waals surface area contributed by atoms with Gasteiger partial charge in [-0.3, -0.25) is 0 Å². The summed E-state index contributed by atoms with van der Waals surface area (Å²) in [5.41, 5.74) is 6.58. The van der Waals surface area contributed by atoms with Crippen molar-refractivity contribution in [1.29, 1.82) is 0 Å². The van der Waals surface area contributed by atoms with Crippen molar-refractivity contribution in [3.8, 4) is 11.5 Å². The predicted molar refractivity (Wildman–Crippen MR) is 64.9 cm³/mol. The summed E-state index contributed by atoms with van der Waals surface area (Å²) in [5.74, 6) is 1.80. The monoisotopic (exact) mass is 234 g/mol. The average Bonchev–Trinajstić information content (AvgIpc) is 2.24. The molecule has 1 aromatic heterocycles. The normalized spacial score (nSPS) is 10.1. The second-order valence-electron chi connectivity index (χ2n) is 3.43. The van der Waals surface area contributed by atoms with Gasteiger partial charge in [0.05, 0.1) is 0 Å². The Kier molecular flexibility index (Phi) is 2.97. The first-order chi connectivity index (χ1) is 7.65. The molecule has 4 heteroatoms. The summed E-state index contributed by atoms with van der Waals surface area (Å²) >= 11 is 5.90. The summed E-state index contributed by atoms with van der Waals surface area (Å²) in [7, 11) is 0. The van der Waals surface area contributed by atoms with E-state index in [1.807, 2.05) is 19.1 Å². The van der Waals surface area contributed by atoms with E-state index in [9.17, 15) is 0 Å². The molecule has 0 atom stereocenters. The number of nitrogen functional groups attached to an aromatic ring is 1. The van der Waals surface area contributed by atoms with Crippen molar-refractivity contribution in [2.24, 2.45) is 0 Å². The number of hydrogen-bond donors (Lipinski definition) is 1. The molecule has 82 valence electrons. The van der Waals surface area contributed by atoms with E-state index in [2.05, 4.69) is 4.98 Å². The highest BCUT2D eigenvalue weighted by atomic mass is 35.5. The number of anilines is 1. The van der Waals surface area contributed by atoms with E-state index in [-0.39, 0.29) is 0 Å². The van der Waals surface area contributed by atoms with E-state index >= 15 is 0 Å². The van der Waals surface area contributed by atoms with Crippen molar-refractivity contribution in [1.82, 2.24) is 4.98 Å². The van der Waals surface area contributed by atoms with Crippen LogP contribution in [-0.2, 0) is 0 Å². The van der Waals surface area contributed by atoms with Crippen LogP contribution in [0.2, 0.25) is 5.02 Å². The van der Waals surface area contributed by atoms with Crippen LogP contribution in [0.25, 0.3) is 0 Å². The number of aromatic nitrogens is 1. The highest BCUT2D eigenvalue weighted by Crippen LogP contribution is 2.28. The van der Waals surface area contributed by atoms with Gasteiger partial charge in [0.1, 0.15) is 17.3 Å². The van der Waals surface area contributed by atoms with E-state index < -0.39 is 0 Å². The summed E-state index contributed by atoms with van der Waals surface area (Å²) < 4.78 is 5.67. The molecular formula is C12H11ClN2O. The molecule has 2 N–H and O–H groups in total. The van der Waals surface area contributed by atoms with Gasteiger partial charge in [0, 0.05) is 17.3 Å². The number of nitrogens with zero attached hydrogens (tertiary/aromatic N) is 1. The van der Waals surface area contributed by atoms with Gasteiger partial charge in [-0.05, 0) is 30.7 Å². The molecule has 0 bridgehead atoms. The lowest BCUT2D eigenvalue weighted by Gasteiger charge is -2.08. The van der Waals surface area contributed by atoms with Gasteiger partial charge < -0.3 is 10.5 Å². The molecule has 1 heterocycles. The van der Waals surface area contributed by atoms with Crippen molar-refractivity contribution in [3.63, 3.8) is 0 Å². The number of halogens is 1. The SMILES string of the molecule is Cc1ccc(Cl)cc1Oc1ccnc(N)c1. The Hall–Kier alpha value is -1.74. The van der Waals surface area contributed by atoms with Crippen LogP contribution >= 0.6 is 11.6 Å². The number of rotatable bonds is 2. The summed E-state index contributed by atoms with van der Waals surface area (Å²) in [6.07, 6.45) is 1.60. The summed E-state index contributed by atoms with van der Waals surface area (Å²) in [6, 6.07) is 8.91. The zero-order chi connectivity index (χ0) is 11.5. The quantitative estimate of drug-likeness (QED) is 0.866. The van der Waals surface area contributed by atoms with Gasteiger partial charge in [-0.2, -0.15) is 0 Å². The number of benzene rings is 1. The molecule has 0 fully saturated rings. The molecule has 0 amide bonds. The number of ether oxygens (including phenoxy) is 1. The summed E-state index contributed by atoms with van der Waals surface area (Å²) in [5, 5.41) is 0.641. The van der Waals surface area contributed by atoms with Crippen molar-refractivity contribution in [3.05, 3.63) is 47.1 Å². The van der Waals surface area contributed by atoms with Crippen LogP contribution in [0.15, 0.2) is 36.5 Å². The number of aryl methyl sites for hydroxylation is 1. The zero-order valence-electron chi connectivity index (χ0n) is 8.77. The maximum Gasteiger partial charge on any atom is 0.132 e. The van der Waals surface area contributed by atoms with Crippen LogP contribution < -0.4 is 10.5 Å². The molecule has 0 saturated carbocycles. The molecule has 0 saturated heterocycles. The van der Waals surface area contributed by atoms with Gasteiger partial charge in [-0.25, -0.2) is 4.98 Å². The first-order valence-corrected chi connectivity index (χ1v) is 5.18. The Morgan fingerprint density at radius 2 is 2.06 bits per heavy atom. The minimum atomic E-state index is 0.428. The second kappa shape index (κ2) is 4.41. The lowest BCUT2D eigenvalue weighted by atomic mass is 10.2. The molecule has 3 nitrogen and oxygen atoms in total. The van der Waals surface area contributed by atoms with Gasteiger partial charge in [-0.1, -0.05) is 17.7 Å². The zero-order valence-corrected chi connectivity index (χ0v) is 9.53. The smallest absolute Gasteiger partial charge is 0.132 e. The molecule has 16 heavy (non-hydrogen) atoms. The molecule has 0 aliphatic rings. The molecule has 2 aromatic rings. The third kappa shape index (κ3) is 2.44. The number of hydrogen-bond acceptors (Lipinski definition) is 3. The van der Waals surface area contributed by atoms with Crippen LogP contribution in [0, 0.1) is 6.92 Å². The largest absolute Gasteiger partial charge is 0.457 e.